The van der Waals surface area contributed by atoms with Crippen LogP contribution in [-0.4, -0.2) is 39.4 Å². The maximum Gasteiger partial charge on any atom is 0.239 e. The molecule has 2 unspecified atom stereocenters. The number of hydrogen-bond donors (Lipinski definition) is 1. The molecule has 2 atom stereocenters. The zero-order valence-corrected chi connectivity index (χ0v) is 17.7. The van der Waals surface area contributed by atoms with Crippen molar-refractivity contribution in [1.82, 2.24) is 10.2 Å². The van der Waals surface area contributed by atoms with Crippen LogP contribution in [0.1, 0.15) is 30.4 Å². The van der Waals surface area contributed by atoms with E-state index in [1.165, 1.54) is 10.5 Å². The van der Waals surface area contributed by atoms with Gasteiger partial charge in [-0.25, -0.2) is 0 Å². The van der Waals surface area contributed by atoms with Crippen LogP contribution in [0.2, 0.25) is 0 Å². The van der Waals surface area contributed by atoms with Crippen LogP contribution in [0, 0.1) is 11.8 Å². The second-order valence-electron chi connectivity index (χ2n) is 7.13. The summed E-state index contributed by atoms with van der Waals surface area (Å²) in [4.78, 5) is 25.4. The summed E-state index contributed by atoms with van der Waals surface area (Å²) in [6.45, 7) is 0.391. The lowest BCUT2D eigenvalue weighted by Crippen LogP contribution is -2.57. The first-order valence-corrected chi connectivity index (χ1v) is 11.5. The number of amides is 2. The fourth-order valence-corrected chi connectivity index (χ4v) is 4.71. The van der Waals surface area contributed by atoms with Crippen molar-refractivity contribution in [2.75, 3.05) is 13.1 Å². The third-order valence-electron chi connectivity index (χ3n) is 4.87. The maximum atomic E-state index is 12.6. The fourth-order valence-electron chi connectivity index (χ4n) is 3.19. The van der Waals surface area contributed by atoms with Gasteiger partial charge in [0.2, 0.25) is 11.8 Å². The molecule has 30 heavy (non-hydrogen) atoms. The van der Waals surface area contributed by atoms with Gasteiger partial charge in [-0.2, -0.15) is 0 Å². The van der Waals surface area contributed by atoms with Gasteiger partial charge in [0.1, 0.15) is 11.9 Å². The first-order chi connectivity index (χ1) is 14.6. The lowest BCUT2D eigenvalue weighted by molar-refractivity contribution is -0.145. The standard InChI is InChI=1S/C24H26N2O3S/c27-22(25-16-10-2-1-5-11-20-12-6-3-7-13-20)18-26-23(28)17-24(26)30(29)19-21-14-8-4-9-15-21/h3-4,6-9,12-15,24H,5,10-11,16-19H2,(H,25,27). The predicted molar refractivity (Wildman–Crippen MR) is 119 cm³/mol. The van der Waals surface area contributed by atoms with Gasteiger partial charge in [-0.1, -0.05) is 60.7 Å². The van der Waals surface area contributed by atoms with Crippen LogP contribution >= 0.6 is 0 Å². The van der Waals surface area contributed by atoms with E-state index in [2.05, 4.69) is 29.3 Å². The number of rotatable bonds is 9. The number of benzene rings is 2. The Morgan fingerprint density at radius 3 is 2.30 bits per heavy atom. The van der Waals surface area contributed by atoms with Crippen LogP contribution in [-0.2, 0) is 32.6 Å². The monoisotopic (exact) mass is 422 g/mol. The number of hydrogen-bond acceptors (Lipinski definition) is 3. The summed E-state index contributed by atoms with van der Waals surface area (Å²) in [6.07, 6.45) is 2.51. The second kappa shape index (κ2) is 11.3. The maximum absolute atomic E-state index is 12.6. The van der Waals surface area contributed by atoms with Gasteiger partial charge >= 0.3 is 0 Å². The van der Waals surface area contributed by atoms with Crippen molar-refractivity contribution in [1.29, 1.82) is 0 Å². The molecule has 2 amide bonds. The summed E-state index contributed by atoms with van der Waals surface area (Å²) in [5.41, 5.74) is 2.23. The summed E-state index contributed by atoms with van der Waals surface area (Å²) >= 11 is 0. The highest BCUT2D eigenvalue weighted by Crippen LogP contribution is 2.24. The van der Waals surface area contributed by atoms with Gasteiger partial charge in [-0.15, -0.1) is 11.8 Å². The normalized spacial score (nSPS) is 16.2. The van der Waals surface area contributed by atoms with E-state index in [9.17, 15) is 13.8 Å². The quantitative estimate of drug-likeness (QED) is 0.384. The first-order valence-electron chi connectivity index (χ1n) is 10.1. The Bertz CT molecular complexity index is 935. The Morgan fingerprint density at radius 2 is 1.63 bits per heavy atom. The van der Waals surface area contributed by atoms with Crippen LogP contribution in [0.5, 0.6) is 0 Å². The highest BCUT2D eigenvalue weighted by Gasteiger charge is 2.40. The van der Waals surface area contributed by atoms with Gasteiger partial charge in [-0.05, 0) is 17.5 Å². The molecule has 0 aromatic heterocycles. The number of aryl methyl sites for hydroxylation is 1. The van der Waals surface area contributed by atoms with Gasteiger partial charge in [0.15, 0.2) is 0 Å². The summed E-state index contributed by atoms with van der Waals surface area (Å²) in [6, 6.07) is 19.7. The van der Waals surface area contributed by atoms with Crippen LogP contribution < -0.4 is 5.32 Å². The topological polar surface area (TPSA) is 66.5 Å². The number of β-lactam (4-membered cyclic amide) rings is 1. The summed E-state index contributed by atoms with van der Waals surface area (Å²) in [5.74, 6) is 6.20. The smallest absolute Gasteiger partial charge is 0.239 e. The molecule has 1 aliphatic rings. The molecule has 1 fully saturated rings. The molecular weight excluding hydrogens is 396 g/mol. The Balaban J connectivity index is 1.34. The molecule has 0 radical (unpaired) electrons. The minimum absolute atomic E-state index is 0.0501. The van der Waals surface area contributed by atoms with Crippen LogP contribution in [0.4, 0.5) is 0 Å². The third-order valence-corrected chi connectivity index (χ3v) is 6.51. The molecular formula is C24H26N2O3S. The summed E-state index contributed by atoms with van der Waals surface area (Å²) in [5, 5.41) is 2.40. The Kier molecular flexibility index (Phi) is 8.22. The van der Waals surface area contributed by atoms with Crippen LogP contribution in [0.3, 0.4) is 0 Å². The number of likely N-dealkylation sites (tertiary alicyclic amines) is 1. The average molecular weight is 423 g/mol. The zero-order valence-electron chi connectivity index (χ0n) is 16.9. The molecule has 156 valence electrons. The Labute approximate surface area is 180 Å². The van der Waals surface area contributed by atoms with Gasteiger partial charge < -0.3 is 10.2 Å². The Hall–Kier alpha value is -2.91. The lowest BCUT2D eigenvalue weighted by Gasteiger charge is -2.39. The minimum Gasteiger partial charge on any atom is -0.354 e. The van der Waals surface area contributed by atoms with Crippen molar-refractivity contribution in [3.8, 4) is 11.8 Å². The zero-order chi connectivity index (χ0) is 21.2. The van der Waals surface area contributed by atoms with E-state index in [4.69, 9.17) is 0 Å². The van der Waals surface area contributed by atoms with Crippen molar-refractivity contribution >= 4 is 22.6 Å². The molecule has 1 N–H and O–H groups in total. The van der Waals surface area contributed by atoms with Crippen LogP contribution in [0.25, 0.3) is 0 Å². The van der Waals surface area contributed by atoms with Gasteiger partial charge in [-0.3, -0.25) is 13.8 Å². The van der Waals surface area contributed by atoms with E-state index in [-0.39, 0.29) is 30.2 Å². The first kappa shape index (κ1) is 21.8. The Morgan fingerprint density at radius 1 is 1.00 bits per heavy atom. The molecule has 0 saturated carbocycles. The van der Waals surface area contributed by atoms with E-state index in [0.717, 1.165) is 18.4 Å². The second-order valence-corrected chi connectivity index (χ2v) is 8.72. The fraction of sp³-hybridized carbons (Fsp3) is 0.333. The van der Waals surface area contributed by atoms with Gasteiger partial charge in [0, 0.05) is 30.2 Å². The molecule has 2 aromatic carbocycles. The highest BCUT2D eigenvalue weighted by atomic mass is 32.2. The largest absolute Gasteiger partial charge is 0.354 e. The molecule has 1 aliphatic heterocycles. The predicted octanol–water partition coefficient (Wildman–Crippen LogP) is 2.64. The average Bonchev–Trinajstić information content (AvgIpc) is 2.76. The van der Waals surface area contributed by atoms with Gasteiger partial charge in [0.25, 0.3) is 0 Å². The number of nitrogens with one attached hydrogen (secondary N) is 1. The molecule has 0 spiro atoms. The third kappa shape index (κ3) is 6.57. The minimum atomic E-state index is -1.22. The van der Waals surface area contributed by atoms with Crippen molar-refractivity contribution in [3.63, 3.8) is 0 Å². The molecule has 0 bridgehead atoms. The molecule has 0 aliphatic carbocycles. The van der Waals surface area contributed by atoms with Crippen molar-refractivity contribution < 1.29 is 13.8 Å². The van der Waals surface area contributed by atoms with E-state index in [1.807, 2.05) is 48.5 Å². The SMILES string of the molecule is O=C(CN1C(=O)CC1S(=O)Cc1ccccc1)NCCC#CCCc1ccccc1. The van der Waals surface area contributed by atoms with E-state index in [0.29, 0.717) is 18.7 Å². The molecule has 5 nitrogen and oxygen atoms in total. The van der Waals surface area contributed by atoms with Crippen molar-refractivity contribution in [3.05, 3.63) is 71.8 Å². The summed E-state index contributed by atoms with van der Waals surface area (Å²) in [7, 11) is -1.22. The number of carbonyl (C=O) groups excluding carboxylic acids is 2. The molecule has 2 aromatic rings. The van der Waals surface area contributed by atoms with Gasteiger partial charge in [0.05, 0.1) is 12.2 Å². The molecule has 1 saturated heterocycles. The molecule has 6 heteroatoms. The van der Waals surface area contributed by atoms with E-state index < -0.39 is 10.8 Å². The van der Waals surface area contributed by atoms with Crippen molar-refractivity contribution in [2.45, 2.75) is 36.8 Å². The van der Waals surface area contributed by atoms with E-state index in [1.54, 1.807) is 0 Å². The molecule has 1 heterocycles. The van der Waals surface area contributed by atoms with E-state index >= 15 is 0 Å². The van der Waals surface area contributed by atoms with Crippen LogP contribution in [0.15, 0.2) is 60.7 Å². The highest BCUT2D eigenvalue weighted by molar-refractivity contribution is 7.85. The lowest BCUT2D eigenvalue weighted by atomic mass is 10.1. The van der Waals surface area contributed by atoms with Crippen molar-refractivity contribution in [2.24, 2.45) is 0 Å². The molecule has 3 rings (SSSR count). The summed E-state index contributed by atoms with van der Waals surface area (Å²) < 4.78 is 12.6. The number of carbonyl (C=O) groups is 2. The number of nitrogens with zero attached hydrogens (tertiary/aromatic N) is 1.